The second-order valence-corrected chi connectivity index (χ2v) is 6.53. The van der Waals surface area contributed by atoms with E-state index in [1.807, 2.05) is 30.0 Å². The van der Waals surface area contributed by atoms with Gasteiger partial charge in [0.05, 0.1) is 4.47 Å². The SMILES string of the molecule is CC(NCCSc1ccccc1)c1ccc(F)c(Br)c1. The molecule has 0 amide bonds. The van der Waals surface area contributed by atoms with Crippen molar-refractivity contribution in [3.8, 4) is 0 Å². The minimum atomic E-state index is -0.222. The molecular formula is C16H17BrFNS. The van der Waals surface area contributed by atoms with Gasteiger partial charge in [-0.3, -0.25) is 0 Å². The lowest BCUT2D eigenvalue weighted by Gasteiger charge is -2.14. The highest BCUT2D eigenvalue weighted by Gasteiger charge is 2.07. The van der Waals surface area contributed by atoms with Crippen LogP contribution < -0.4 is 5.32 Å². The number of halogens is 2. The summed E-state index contributed by atoms with van der Waals surface area (Å²) in [5, 5.41) is 3.45. The van der Waals surface area contributed by atoms with Gasteiger partial charge in [0.15, 0.2) is 0 Å². The number of nitrogens with one attached hydrogen (secondary N) is 1. The Bertz CT molecular complexity index is 547. The van der Waals surface area contributed by atoms with E-state index in [1.54, 1.807) is 0 Å². The van der Waals surface area contributed by atoms with Gasteiger partial charge in [0, 0.05) is 23.2 Å². The van der Waals surface area contributed by atoms with Crippen LogP contribution in [0.25, 0.3) is 0 Å². The normalized spacial score (nSPS) is 12.3. The molecule has 1 nitrogen and oxygen atoms in total. The Morgan fingerprint density at radius 2 is 1.95 bits per heavy atom. The van der Waals surface area contributed by atoms with E-state index in [1.165, 1.54) is 11.0 Å². The van der Waals surface area contributed by atoms with Crippen LogP contribution in [0.2, 0.25) is 0 Å². The second-order valence-electron chi connectivity index (χ2n) is 4.51. The third kappa shape index (κ3) is 4.62. The zero-order valence-corrected chi connectivity index (χ0v) is 13.7. The molecule has 2 aromatic rings. The molecule has 0 aromatic heterocycles. The summed E-state index contributed by atoms with van der Waals surface area (Å²) in [7, 11) is 0. The first kappa shape index (κ1) is 15.5. The van der Waals surface area contributed by atoms with Crippen LogP contribution in [-0.4, -0.2) is 12.3 Å². The van der Waals surface area contributed by atoms with Crippen molar-refractivity contribution in [1.82, 2.24) is 5.32 Å². The average Bonchev–Trinajstić information content (AvgIpc) is 2.47. The smallest absolute Gasteiger partial charge is 0.137 e. The highest BCUT2D eigenvalue weighted by atomic mass is 79.9. The first-order chi connectivity index (χ1) is 9.66. The minimum Gasteiger partial charge on any atom is -0.309 e. The Labute approximate surface area is 132 Å². The number of hydrogen-bond donors (Lipinski definition) is 1. The molecule has 0 aliphatic heterocycles. The Morgan fingerprint density at radius 1 is 1.20 bits per heavy atom. The van der Waals surface area contributed by atoms with E-state index in [-0.39, 0.29) is 11.9 Å². The standard InChI is InChI=1S/C16H17BrFNS/c1-12(13-7-8-16(18)15(17)11-13)19-9-10-20-14-5-3-2-4-6-14/h2-8,11-12,19H,9-10H2,1H3. The quantitative estimate of drug-likeness (QED) is 0.577. The molecule has 0 aliphatic rings. The second kappa shape index (κ2) is 7.81. The predicted molar refractivity (Wildman–Crippen MR) is 87.7 cm³/mol. The molecular weight excluding hydrogens is 337 g/mol. The van der Waals surface area contributed by atoms with E-state index in [0.29, 0.717) is 4.47 Å². The zero-order valence-electron chi connectivity index (χ0n) is 11.3. The summed E-state index contributed by atoms with van der Waals surface area (Å²) in [5.74, 6) is 0.789. The summed E-state index contributed by atoms with van der Waals surface area (Å²) in [5.41, 5.74) is 1.09. The van der Waals surface area contributed by atoms with Crippen LogP contribution in [-0.2, 0) is 0 Å². The molecule has 1 N–H and O–H groups in total. The average molecular weight is 354 g/mol. The van der Waals surface area contributed by atoms with Crippen molar-refractivity contribution in [2.75, 3.05) is 12.3 Å². The number of hydrogen-bond acceptors (Lipinski definition) is 2. The number of rotatable bonds is 6. The lowest BCUT2D eigenvalue weighted by Crippen LogP contribution is -2.21. The topological polar surface area (TPSA) is 12.0 Å². The van der Waals surface area contributed by atoms with Crippen LogP contribution in [0, 0.1) is 5.82 Å². The molecule has 106 valence electrons. The van der Waals surface area contributed by atoms with E-state index in [9.17, 15) is 4.39 Å². The van der Waals surface area contributed by atoms with Gasteiger partial charge in [0.1, 0.15) is 5.82 Å². The molecule has 0 heterocycles. The molecule has 20 heavy (non-hydrogen) atoms. The van der Waals surface area contributed by atoms with Crippen LogP contribution in [0.3, 0.4) is 0 Å². The van der Waals surface area contributed by atoms with E-state index in [0.717, 1.165) is 17.9 Å². The molecule has 0 aliphatic carbocycles. The van der Waals surface area contributed by atoms with Gasteiger partial charge in [-0.25, -0.2) is 4.39 Å². The fourth-order valence-electron chi connectivity index (χ4n) is 1.86. The molecule has 0 fully saturated rings. The summed E-state index contributed by atoms with van der Waals surface area (Å²) in [6.45, 7) is 3.00. The van der Waals surface area contributed by atoms with Crippen molar-refractivity contribution >= 4 is 27.7 Å². The maximum absolute atomic E-state index is 13.2. The Morgan fingerprint density at radius 3 is 2.65 bits per heavy atom. The van der Waals surface area contributed by atoms with Gasteiger partial charge >= 0.3 is 0 Å². The third-order valence-electron chi connectivity index (χ3n) is 3.01. The van der Waals surface area contributed by atoms with Crippen LogP contribution in [0.5, 0.6) is 0 Å². The van der Waals surface area contributed by atoms with Gasteiger partial charge in [-0.05, 0) is 52.7 Å². The van der Waals surface area contributed by atoms with Crippen LogP contribution in [0.1, 0.15) is 18.5 Å². The Balaban J connectivity index is 1.77. The highest BCUT2D eigenvalue weighted by Crippen LogP contribution is 2.21. The first-order valence-corrected chi connectivity index (χ1v) is 8.31. The largest absolute Gasteiger partial charge is 0.309 e. The Kier molecular flexibility index (Phi) is 6.07. The molecule has 2 aromatic carbocycles. The maximum atomic E-state index is 13.2. The molecule has 1 unspecified atom stereocenters. The van der Waals surface area contributed by atoms with Crippen molar-refractivity contribution in [2.24, 2.45) is 0 Å². The predicted octanol–water partition coefficient (Wildman–Crippen LogP) is 5.03. The molecule has 0 bridgehead atoms. The lowest BCUT2D eigenvalue weighted by atomic mass is 10.1. The minimum absolute atomic E-state index is 0.211. The van der Waals surface area contributed by atoms with Crippen molar-refractivity contribution < 1.29 is 4.39 Å². The van der Waals surface area contributed by atoms with Gasteiger partial charge < -0.3 is 5.32 Å². The first-order valence-electron chi connectivity index (χ1n) is 6.53. The zero-order chi connectivity index (χ0) is 14.4. The third-order valence-corrected chi connectivity index (χ3v) is 4.63. The van der Waals surface area contributed by atoms with E-state index in [2.05, 4.69) is 52.4 Å². The van der Waals surface area contributed by atoms with Crippen molar-refractivity contribution in [2.45, 2.75) is 17.9 Å². The molecule has 4 heteroatoms. The van der Waals surface area contributed by atoms with Gasteiger partial charge in [0.25, 0.3) is 0 Å². The Hall–Kier alpha value is -0.840. The monoisotopic (exact) mass is 353 g/mol. The van der Waals surface area contributed by atoms with Crippen molar-refractivity contribution in [1.29, 1.82) is 0 Å². The van der Waals surface area contributed by atoms with E-state index in [4.69, 9.17) is 0 Å². The molecule has 0 radical (unpaired) electrons. The fourth-order valence-corrected chi connectivity index (χ4v) is 3.06. The van der Waals surface area contributed by atoms with Crippen molar-refractivity contribution in [3.05, 3.63) is 64.4 Å². The molecule has 1 atom stereocenters. The molecule has 0 saturated heterocycles. The maximum Gasteiger partial charge on any atom is 0.137 e. The van der Waals surface area contributed by atoms with Gasteiger partial charge in [-0.2, -0.15) is 0 Å². The van der Waals surface area contributed by atoms with E-state index >= 15 is 0 Å². The number of benzene rings is 2. The highest BCUT2D eigenvalue weighted by molar-refractivity contribution is 9.10. The van der Waals surface area contributed by atoms with Crippen LogP contribution in [0.15, 0.2) is 57.9 Å². The van der Waals surface area contributed by atoms with Gasteiger partial charge in [-0.1, -0.05) is 24.3 Å². The number of thioether (sulfide) groups is 1. The summed E-state index contributed by atoms with van der Waals surface area (Å²) < 4.78 is 13.7. The summed E-state index contributed by atoms with van der Waals surface area (Å²) in [4.78, 5) is 1.28. The van der Waals surface area contributed by atoms with Crippen LogP contribution >= 0.6 is 27.7 Å². The molecule has 0 saturated carbocycles. The molecule has 2 rings (SSSR count). The van der Waals surface area contributed by atoms with E-state index < -0.39 is 0 Å². The summed E-state index contributed by atoms with van der Waals surface area (Å²) in [6.07, 6.45) is 0. The lowest BCUT2D eigenvalue weighted by molar-refractivity contribution is 0.591. The molecule has 0 spiro atoms. The summed E-state index contributed by atoms with van der Waals surface area (Å²) >= 11 is 5.05. The van der Waals surface area contributed by atoms with Crippen molar-refractivity contribution in [3.63, 3.8) is 0 Å². The van der Waals surface area contributed by atoms with Gasteiger partial charge in [0.2, 0.25) is 0 Å². The fraction of sp³-hybridized carbons (Fsp3) is 0.250. The summed E-state index contributed by atoms with van der Waals surface area (Å²) in [6, 6.07) is 15.7. The van der Waals surface area contributed by atoms with Crippen LogP contribution in [0.4, 0.5) is 4.39 Å². The van der Waals surface area contributed by atoms with Gasteiger partial charge in [-0.15, -0.1) is 11.8 Å².